The van der Waals surface area contributed by atoms with E-state index in [-0.39, 0.29) is 31.8 Å². The van der Waals surface area contributed by atoms with Crippen molar-refractivity contribution in [1.82, 2.24) is 9.62 Å². The molecule has 1 unspecified atom stereocenters. The largest absolute Gasteiger partial charge is 0.511 e. The number of nitrogens with zero attached hydrogens (tertiary/aromatic N) is 1. The van der Waals surface area contributed by atoms with Gasteiger partial charge in [0.1, 0.15) is 0 Å². The molecule has 2 heterocycles. The van der Waals surface area contributed by atoms with Crippen molar-refractivity contribution >= 4 is 10.0 Å². The summed E-state index contributed by atoms with van der Waals surface area (Å²) in [4.78, 5) is 0. The molecule has 6 nitrogen and oxygen atoms in total. The van der Waals surface area contributed by atoms with Crippen molar-refractivity contribution < 1.29 is 31.1 Å². The highest BCUT2D eigenvalue weighted by Crippen LogP contribution is 2.34. The van der Waals surface area contributed by atoms with Crippen LogP contribution in [0.3, 0.4) is 0 Å². The van der Waals surface area contributed by atoms with Crippen LogP contribution in [0.5, 0.6) is 11.5 Å². The zero-order chi connectivity index (χ0) is 18.9. The van der Waals surface area contributed by atoms with E-state index in [1.54, 1.807) is 0 Å². The Morgan fingerprint density at radius 1 is 1.23 bits per heavy atom. The number of alkyl halides is 3. The van der Waals surface area contributed by atoms with Crippen LogP contribution >= 0.6 is 0 Å². The molecule has 1 fully saturated rings. The minimum Gasteiger partial charge on any atom is -0.454 e. The van der Waals surface area contributed by atoms with Crippen molar-refractivity contribution in [2.24, 2.45) is 5.92 Å². The van der Waals surface area contributed by atoms with Crippen LogP contribution in [0, 0.1) is 5.92 Å². The molecule has 1 N–H and O–H groups in total. The van der Waals surface area contributed by atoms with Crippen molar-refractivity contribution in [3.05, 3.63) is 23.8 Å². The molecule has 0 spiro atoms. The fraction of sp³-hybridized carbons (Fsp3) is 0.625. The zero-order valence-electron chi connectivity index (χ0n) is 14.3. The number of piperidine rings is 1. The molecular weight excluding hydrogens is 373 g/mol. The molecule has 1 saturated heterocycles. The van der Waals surface area contributed by atoms with Gasteiger partial charge in [-0.25, -0.2) is 8.42 Å². The monoisotopic (exact) mass is 394 g/mol. The third-order valence-electron chi connectivity index (χ3n) is 4.82. The van der Waals surface area contributed by atoms with Gasteiger partial charge in [-0.1, -0.05) is 6.07 Å². The van der Waals surface area contributed by atoms with Crippen LogP contribution < -0.4 is 14.8 Å². The fourth-order valence-electron chi connectivity index (χ4n) is 3.14. The molecule has 2 aliphatic rings. The van der Waals surface area contributed by atoms with E-state index >= 15 is 0 Å². The second-order valence-electron chi connectivity index (χ2n) is 6.54. The second kappa shape index (κ2) is 7.24. The number of hydrogen-bond donors (Lipinski definition) is 1. The first-order valence-corrected chi connectivity index (χ1v) is 9.82. The summed E-state index contributed by atoms with van der Waals surface area (Å²) >= 11 is 0. The average Bonchev–Trinajstić information content (AvgIpc) is 3.06. The van der Waals surface area contributed by atoms with E-state index in [4.69, 9.17) is 9.47 Å². The van der Waals surface area contributed by atoms with E-state index in [1.807, 2.05) is 25.1 Å². The number of sulfonamides is 1. The Morgan fingerprint density at radius 3 is 2.54 bits per heavy atom. The van der Waals surface area contributed by atoms with Crippen molar-refractivity contribution in [2.75, 3.05) is 26.4 Å². The Hall–Kier alpha value is -1.52. The van der Waals surface area contributed by atoms with E-state index in [9.17, 15) is 21.6 Å². The number of halogens is 3. The fourth-order valence-corrected chi connectivity index (χ4v) is 4.13. The van der Waals surface area contributed by atoms with E-state index in [1.165, 1.54) is 0 Å². The molecule has 10 heteroatoms. The number of benzene rings is 1. The molecule has 0 amide bonds. The number of fused-ring (bicyclic) bond motifs is 1. The van der Waals surface area contributed by atoms with Gasteiger partial charge in [-0.15, -0.1) is 0 Å². The lowest BCUT2D eigenvalue weighted by atomic mass is 9.97. The first kappa shape index (κ1) is 19.2. The Labute approximate surface area is 150 Å². The molecule has 0 aliphatic carbocycles. The van der Waals surface area contributed by atoms with Gasteiger partial charge in [0.2, 0.25) is 6.79 Å². The standard InChI is InChI=1S/C16H21F3N2O4S/c1-11(13-2-3-14-15(8-13)25-10-24-14)20-9-12-4-6-21(7-5-12)26(22,23)16(17,18)19/h2-3,8,11-12,20H,4-7,9-10H2,1H3. The van der Waals surface area contributed by atoms with Gasteiger partial charge in [-0.05, 0) is 49.9 Å². The van der Waals surface area contributed by atoms with Crippen LogP contribution in [0.4, 0.5) is 13.2 Å². The van der Waals surface area contributed by atoms with Gasteiger partial charge in [0, 0.05) is 19.1 Å². The summed E-state index contributed by atoms with van der Waals surface area (Å²) in [6.45, 7) is 2.59. The van der Waals surface area contributed by atoms with Gasteiger partial charge in [-0.3, -0.25) is 0 Å². The van der Waals surface area contributed by atoms with Gasteiger partial charge in [0.15, 0.2) is 11.5 Å². The maximum absolute atomic E-state index is 12.6. The first-order chi connectivity index (χ1) is 12.2. The summed E-state index contributed by atoms with van der Waals surface area (Å²) in [5.41, 5.74) is -4.21. The van der Waals surface area contributed by atoms with Gasteiger partial charge < -0.3 is 14.8 Å². The lowest BCUT2D eigenvalue weighted by Crippen LogP contribution is -2.46. The molecular formula is C16H21F3N2O4S. The Bertz CT molecular complexity index is 746. The SMILES string of the molecule is CC(NCC1CCN(S(=O)(=O)C(F)(F)F)CC1)c1ccc2c(c1)OCO2. The summed E-state index contributed by atoms with van der Waals surface area (Å²) in [6.07, 6.45) is 0.798. The predicted octanol–water partition coefficient (Wildman–Crippen LogP) is 2.63. The number of hydrogen-bond acceptors (Lipinski definition) is 5. The Balaban J connectivity index is 1.49. The summed E-state index contributed by atoms with van der Waals surface area (Å²) in [5, 5.41) is 3.36. The van der Waals surface area contributed by atoms with E-state index in [0.29, 0.717) is 35.2 Å². The van der Waals surface area contributed by atoms with Crippen LogP contribution in [0.1, 0.15) is 31.4 Å². The molecule has 2 aliphatic heterocycles. The van der Waals surface area contributed by atoms with Gasteiger partial charge in [0.05, 0.1) is 0 Å². The highest BCUT2D eigenvalue weighted by Gasteiger charge is 2.50. The molecule has 1 atom stereocenters. The number of ether oxygens (including phenoxy) is 2. The normalized spacial score (nSPS) is 20.3. The van der Waals surface area contributed by atoms with Gasteiger partial charge in [0.25, 0.3) is 0 Å². The van der Waals surface area contributed by atoms with Gasteiger partial charge >= 0.3 is 15.5 Å². The number of nitrogens with one attached hydrogen (secondary N) is 1. The zero-order valence-corrected chi connectivity index (χ0v) is 15.1. The van der Waals surface area contributed by atoms with Gasteiger partial charge in [-0.2, -0.15) is 17.5 Å². The molecule has 0 radical (unpaired) electrons. The Kier molecular flexibility index (Phi) is 5.36. The molecule has 0 saturated carbocycles. The topological polar surface area (TPSA) is 67.9 Å². The maximum Gasteiger partial charge on any atom is 0.511 e. The highest BCUT2D eigenvalue weighted by atomic mass is 32.2. The van der Waals surface area contributed by atoms with Crippen molar-refractivity contribution in [3.63, 3.8) is 0 Å². The van der Waals surface area contributed by atoms with Crippen LogP contribution in [0.2, 0.25) is 0 Å². The maximum atomic E-state index is 12.6. The molecule has 3 rings (SSSR count). The summed E-state index contributed by atoms with van der Waals surface area (Å²) in [5.74, 6) is 1.53. The second-order valence-corrected chi connectivity index (χ2v) is 8.47. The Morgan fingerprint density at radius 2 is 1.88 bits per heavy atom. The van der Waals surface area contributed by atoms with E-state index < -0.39 is 15.5 Å². The first-order valence-electron chi connectivity index (χ1n) is 8.38. The molecule has 0 bridgehead atoms. The van der Waals surface area contributed by atoms with Crippen LogP contribution in [-0.2, 0) is 10.0 Å². The average molecular weight is 394 g/mol. The molecule has 1 aromatic carbocycles. The van der Waals surface area contributed by atoms with E-state index in [2.05, 4.69) is 5.32 Å². The molecule has 1 aromatic rings. The predicted molar refractivity (Wildman–Crippen MR) is 88.3 cm³/mol. The third-order valence-corrected chi connectivity index (χ3v) is 6.45. The minimum atomic E-state index is -5.23. The summed E-state index contributed by atoms with van der Waals surface area (Å²) in [7, 11) is -5.22. The molecule has 26 heavy (non-hydrogen) atoms. The van der Waals surface area contributed by atoms with E-state index in [0.717, 1.165) is 5.56 Å². The molecule has 146 valence electrons. The van der Waals surface area contributed by atoms with Crippen LogP contribution in [0.25, 0.3) is 0 Å². The van der Waals surface area contributed by atoms with Crippen LogP contribution in [-0.4, -0.2) is 44.7 Å². The van der Waals surface area contributed by atoms with Crippen molar-refractivity contribution in [1.29, 1.82) is 0 Å². The lowest BCUT2D eigenvalue weighted by molar-refractivity contribution is -0.0496. The third kappa shape index (κ3) is 3.91. The highest BCUT2D eigenvalue weighted by molar-refractivity contribution is 7.90. The van der Waals surface area contributed by atoms with Crippen molar-refractivity contribution in [2.45, 2.75) is 31.3 Å². The summed E-state index contributed by atoms with van der Waals surface area (Å²) in [6, 6.07) is 5.71. The molecule has 0 aromatic heterocycles. The minimum absolute atomic E-state index is 0.0291. The lowest BCUT2D eigenvalue weighted by Gasteiger charge is -2.32. The quantitative estimate of drug-likeness (QED) is 0.832. The van der Waals surface area contributed by atoms with Crippen LogP contribution in [0.15, 0.2) is 18.2 Å². The van der Waals surface area contributed by atoms with Crippen molar-refractivity contribution in [3.8, 4) is 11.5 Å². The summed E-state index contributed by atoms with van der Waals surface area (Å²) < 4.78 is 71.8. The number of rotatable bonds is 5. The smallest absolute Gasteiger partial charge is 0.454 e.